The first-order valence-corrected chi connectivity index (χ1v) is 11.1. The van der Waals surface area contributed by atoms with Crippen LogP contribution in [-0.2, 0) is 10.0 Å². The molecule has 0 saturated heterocycles. The van der Waals surface area contributed by atoms with Gasteiger partial charge in [0.25, 0.3) is 15.9 Å². The minimum absolute atomic E-state index is 0.100. The van der Waals surface area contributed by atoms with Gasteiger partial charge in [-0.05, 0) is 56.8 Å². The fraction of sp³-hybridized carbons (Fsp3) is 0.409. The molecule has 0 heterocycles. The Bertz CT molecular complexity index is 925. The minimum atomic E-state index is -3.77. The Morgan fingerprint density at radius 1 is 1.03 bits per heavy atom. The zero-order chi connectivity index (χ0) is 21.7. The van der Waals surface area contributed by atoms with Crippen LogP contribution in [0.1, 0.15) is 31.1 Å². The second kappa shape index (κ2) is 9.41. The van der Waals surface area contributed by atoms with E-state index in [1.807, 2.05) is 20.2 Å². The van der Waals surface area contributed by atoms with Gasteiger partial charge in [-0.15, -0.1) is 0 Å². The molecule has 1 amide bonds. The van der Waals surface area contributed by atoms with E-state index in [1.165, 1.54) is 16.4 Å². The quantitative estimate of drug-likeness (QED) is 0.680. The Hall–Kier alpha value is -2.38. The van der Waals surface area contributed by atoms with Gasteiger partial charge in [-0.1, -0.05) is 38.1 Å². The molecular weight excluding hydrogens is 386 g/mol. The van der Waals surface area contributed by atoms with Gasteiger partial charge in [-0.3, -0.25) is 9.10 Å². The van der Waals surface area contributed by atoms with E-state index in [-0.39, 0.29) is 16.2 Å². The second-order valence-corrected chi connectivity index (χ2v) is 9.98. The highest BCUT2D eigenvalue weighted by atomic mass is 32.2. The summed E-state index contributed by atoms with van der Waals surface area (Å²) in [5.41, 5.74) is 0.820. The van der Waals surface area contributed by atoms with E-state index in [1.54, 1.807) is 43.3 Å². The summed E-state index contributed by atoms with van der Waals surface area (Å²) in [5, 5.41) is 2.92. The Morgan fingerprint density at radius 2 is 1.69 bits per heavy atom. The van der Waals surface area contributed by atoms with Crippen molar-refractivity contribution < 1.29 is 13.2 Å². The van der Waals surface area contributed by atoms with Crippen molar-refractivity contribution in [3.05, 3.63) is 60.2 Å². The second-order valence-electron chi connectivity index (χ2n) is 8.12. The molecule has 2 aromatic carbocycles. The number of benzene rings is 2. The van der Waals surface area contributed by atoms with Gasteiger partial charge in [0.1, 0.15) is 0 Å². The lowest BCUT2D eigenvalue weighted by Crippen LogP contribution is -2.40. The summed E-state index contributed by atoms with van der Waals surface area (Å²) in [4.78, 5) is 14.8. The number of anilines is 1. The van der Waals surface area contributed by atoms with Gasteiger partial charge >= 0.3 is 0 Å². The van der Waals surface area contributed by atoms with E-state index < -0.39 is 10.0 Å². The molecule has 0 aliphatic heterocycles. The van der Waals surface area contributed by atoms with E-state index in [2.05, 4.69) is 24.1 Å². The molecule has 6 nitrogen and oxygen atoms in total. The van der Waals surface area contributed by atoms with Crippen molar-refractivity contribution in [1.29, 1.82) is 0 Å². The smallest absolute Gasteiger partial charge is 0.264 e. The molecule has 0 spiro atoms. The van der Waals surface area contributed by atoms with Gasteiger partial charge in [0.05, 0.1) is 10.6 Å². The average Bonchev–Trinajstić information content (AvgIpc) is 2.66. The molecule has 0 saturated carbocycles. The van der Waals surface area contributed by atoms with Gasteiger partial charge < -0.3 is 10.2 Å². The van der Waals surface area contributed by atoms with Crippen LogP contribution in [-0.4, -0.2) is 53.0 Å². The molecule has 0 atom stereocenters. The van der Waals surface area contributed by atoms with Crippen LogP contribution >= 0.6 is 0 Å². The molecule has 2 aromatic rings. The summed E-state index contributed by atoms with van der Waals surface area (Å²) in [5.74, 6) is -0.281. The third-order valence-corrected chi connectivity index (χ3v) is 6.39. The molecule has 0 aliphatic rings. The van der Waals surface area contributed by atoms with Crippen LogP contribution in [0.25, 0.3) is 0 Å². The summed E-state index contributed by atoms with van der Waals surface area (Å²) in [6.45, 7) is 7.55. The van der Waals surface area contributed by atoms with E-state index in [0.29, 0.717) is 24.3 Å². The first kappa shape index (κ1) is 22.9. The lowest BCUT2D eigenvalue weighted by atomic mass is 9.93. The fourth-order valence-corrected chi connectivity index (χ4v) is 4.86. The third kappa shape index (κ3) is 6.05. The molecule has 0 radical (unpaired) electrons. The van der Waals surface area contributed by atoms with Gasteiger partial charge in [-0.25, -0.2) is 8.42 Å². The number of sulfonamides is 1. The first-order chi connectivity index (χ1) is 13.6. The molecule has 1 N–H and O–H groups in total. The van der Waals surface area contributed by atoms with Crippen LogP contribution in [0.3, 0.4) is 0 Å². The lowest BCUT2D eigenvalue weighted by molar-refractivity contribution is 0.0929. The molecule has 158 valence electrons. The molecule has 29 heavy (non-hydrogen) atoms. The Morgan fingerprint density at radius 3 is 2.28 bits per heavy atom. The molecule has 2 rings (SSSR count). The lowest BCUT2D eigenvalue weighted by Gasteiger charge is -2.28. The fourth-order valence-electron chi connectivity index (χ4n) is 3.34. The molecule has 0 unspecified atom stereocenters. The van der Waals surface area contributed by atoms with Crippen molar-refractivity contribution in [1.82, 2.24) is 10.2 Å². The van der Waals surface area contributed by atoms with Crippen molar-refractivity contribution >= 4 is 21.6 Å². The Balaban J connectivity index is 2.22. The summed E-state index contributed by atoms with van der Waals surface area (Å²) >= 11 is 0. The highest BCUT2D eigenvalue weighted by Gasteiger charge is 2.25. The van der Waals surface area contributed by atoms with Gasteiger partial charge in [-0.2, -0.15) is 0 Å². The van der Waals surface area contributed by atoms with E-state index in [9.17, 15) is 13.2 Å². The van der Waals surface area contributed by atoms with Crippen molar-refractivity contribution in [3.63, 3.8) is 0 Å². The monoisotopic (exact) mass is 417 g/mol. The van der Waals surface area contributed by atoms with E-state index in [0.717, 1.165) is 6.54 Å². The first-order valence-electron chi connectivity index (χ1n) is 9.67. The predicted octanol–water partition coefficient (Wildman–Crippen LogP) is 3.22. The zero-order valence-corrected chi connectivity index (χ0v) is 18.7. The maximum atomic E-state index is 13.2. The maximum Gasteiger partial charge on any atom is 0.264 e. The largest absolute Gasteiger partial charge is 0.351 e. The van der Waals surface area contributed by atoms with Gasteiger partial charge in [0.2, 0.25) is 0 Å². The van der Waals surface area contributed by atoms with Crippen molar-refractivity contribution in [2.24, 2.45) is 5.41 Å². The Labute approximate surface area is 174 Å². The molecule has 0 bridgehead atoms. The number of nitrogens with zero attached hydrogens (tertiary/aromatic N) is 2. The van der Waals surface area contributed by atoms with Crippen LogP contribution in [0.2, 0.25) is 0 Å². The number of amides is 1. The van der Waals surface area contributed by atoms with Crippen LogP contribution in [0, 0.1) is 5.41 Å². The number of hydrogen-bond acceptors (Lipinski definition) is 4. The third-order valence-electron chi connectivity index (χ3n) is 4.49. The number of nitrogens with one attached hydrogen (secondary N) is 1. The highest BCUT2D eigenvalue weighted by molar-refractivity contribution is 7.92. The number of carbonyl (C=O) groups is 1. The topological polar surface area (TPSA) is 69.7 Å². The van der Waals surface area contributed by atoms with Gasteiger partial charge in [0, 0.05) is 25.2 Å². The summed E-state index contributed by atoms with van der Waals surface area (Å²) in [6.07, 6.45) is 0. The van der Waals surface area contributed by atoms with Crippen LogP contribution in [0.4, 0.5) is 5.69 Å². The molecule has 0 fully saturated rings. The maximum absolute atomic E-state index is 13.2. The van der Waals surface area contributed by atoms with Crippen LogP contribution < -0.4 is 9.62 Å². The number of rotatable bonds is 9. The van der Waals surface area contributed by atoms with E-state index in [4.69, 9.17) is 0 Å². The van der Waals surface area contributed by atoms with Crippen LogP contribution in [0.15, 0.2) is 59.5 Å². The van der Waals surface area contributed by atoms with E-state index >= 15 is 0 Å². The average molecular weight is 418 g/mol. The normalized spacial score (nSPS) is 12.1. The standard InChI is InChI=1S/C22H31N3O3S/c1-6-25(19-12-8-7-9-13-19)29(27,28)20-14-10-11-18(15-20)21(26)23-16-22(2,3)17-24(4)5/h7-15H,6,16-17H2,1-5H3,(H,23,26). The molecule has 0 aromatic heterocycles. The zero-order valence-electron chi connectivity index (χ0n) is 17.8. The highest BCUT2D eigenvalue weighted by Crippen LogP contribution is 2.24. The van der Waals surface area contributed by atoms with Crippen LogP contribution in [0.5, 0.6) is 0 Å². The number of hydrogen-bond donors (Lipinski definition) is 1. The number of para-hydroxylation sites is 1. The molecular formula is C22H31N3O3S. The summed E-state index contributed by atoms with van der Waals surface area (Å²) in [6, 6.07) is 15.1. The Kier molecular flexibility index (Phi) is 7.43. The predicted molar refractivity (Wildman–Crippen MR) is 118 cm³/mol. The van der Waals surface area contributed by atoms with Crippen molar-refractivity contribution in [2.45, 2.75) is 25.7 Å². The number of carbonyl (C=O) groups excluding carboxylic acids is 1. The minimum Gasteiger partial charge on any atom is -0.351 e. The molecule has 0 aliphatic carbocycles. The van der Waals surface area contributed by atoms with Crippen molar-refractivity contribution in [3.8, 4) is 0 Å². The molecule has 7 heteroatoms. The van der Waals surface area contributed by atoms with Crippen molar-refractivity contribution in [2.75, 3.05) is 38.0 Å². The SMILES string of the molecule is CCN(c1ccccc1)S(=O)(=O)c1cccc(C(=O)NCC(C)(C)CN(C)C)c1. The van der Waals surface area contributed by atoms with Gasteiger partial charge in [0.15, 0.2) is 0 Å². The summed E-state index contributed by atoms with van der Waals surface area (Å²) in [7, 11) is 0.208. The summed E-state index contributed by atoms with van der Waals surface area (Å²) < 4.78 is 27.7.